The summed E-state index contributed by atoms with van der Waals surface area (Å²) in [7, 11) is 0. The van der Waals surface area contributed by atoms with E-state index in [4.69, 9.17) is 4.98 Å². The summed E-state index contributed by atoms with van der Waals surface area (Å²) in [6.45, 7) is 1.38. The molecule has 2 aliphatic rings. The highest BCUT2D eigenvalue weighted by Crippen LogP contribution is 2.32. The maximum atomic E-state index is 13.1. The molecule has 1 amide bonds. The van der Waals surface area contributed by atoms with Gasteiger partial charge in [0, 0.05) is 25.2 Å². The van der Waals surface area contributed by atoms with Gasteiger partial charge >= 0.3 is 0 Å². The second kappa shape index (κ2) is 9.06. The van der Waals surface area contributed by atoms with Gasteiger partial charge in [-0.3, -0.25) is 9.48 Å². The zero-order chi connectivity index (χ0) is 21.9. The van der Waals surface area contributed by atoms with E-state index in [-0.39, 0.29) is 17.8 Å². The van der Waals surface area contributed by atoms with Crippen LogP contribution in [0.1, 0.15) is 55.1 Å². The molecule has 1 aliphatic heterocycles. The predicted octanol–water partition coefficient (Wildman–Crippen LogP) is 4.19. The molecule has 0 aromatic carbocycles. The largest absolute Gasteiger partial charge is 0.334 e. The summed E-state index contributed by atoms with van der Waals surface area (Å²) in [4.78, 5) is 23.8. The zero-order valence-corrected chi connectivity index (χ0v) is 18.0. The van der Waals surface area contributed by atoms with Crippen LogP contribution in [0.25, 0.3) is 0 Å². The number of anilines is 2. The summed E-state index contributed by atoms with van der Waals surface area (Å²) in [5, 5.41) is 7.63. The van der Waals surface area contributed by atoms with Crippen molar-refractivity contribution in [3.63, 3.8) is 0 Å². The van der Waals surface area contributed by atoms with Crippen LogP contribution in [0, 0.1) is 5.82 Å². The quantitative estimate of drug-likeness (QED) is 0.630. The maximum absolute atomic E-state index is 13.1. The molecule has 1 N–H and O–H groups in total. The van der Waals surface area contributed by atoms with Crippen LogP contribution in [0.3, 0.4) is 0 Å². The molecule has 8 heteroatoms. The molecule has 0 bridgehead atoms. The zero-order valence-electron chi connectivity index (χ0n) is 18.0. The Hall–Kier alpha value is -3.29. The molecule has 3 aromatic rings. The molecule has 4 heterocycles. The normalized spacial score (nSPS) is 17.9. The van der Waals surface area contributed by atoms with Crippen LogP contribution in [0.2, 0.25) is 0 Å². The number of fused-ring (bicyclic) bond motifs is 1. The fraction of sp³-hybridized carbons (Fsp3) is 0.417. The molecule has 5 rings (SSSR count). The number of carbonyl (C=O) groups is 1. The lowest BCUT2D eigenvalue weighted by Crippen LogP contribution is -2.32. The van der Waals surface area contributed by atoms with E-state index >= 15 is 0 Å². The van der Waals surface area contributed by atoms with Gasteiger partial charge in [0.15, 0.2) is 0 Å². The summed E-state index contributed by atoms with van der Waals surface area (Å²) < 4.78 is 15.1. The van der Waals surface area contributed by atoms with E-state index in [0.29, 0.717) is 24.6 Å². The number of rotatable bonds is 6. The van der Waals surface area contributed by atoms with Crippen LogP contribution in [0.15, 0.2) is 42.7 Å². The van der Waals surface area contributed by atoms with Crippen molar-refractivity contribution < 1.29 is 9.18 Å². The fourth-order valence-corrected chi connectivity index (χ4v) is 4.75. The monoisotopic (exact) mass is 434 g/mol. The smallest absolute Gasteiger partial charge is 0.224 e. The SMILES string of the molecule is O=C(CCn1ncc2c1CCCC2)N1CCCC1c1cccc(Nc2ccc(F)cn2)n1. The average Bonchev–Trinajstić information content (AvgIpc) is 3.47. The van der Waals surface area contributed by atoms with Gasteiger partial charge in [0.1, 0.15) is 17.5 Å². The number of hydrogen-bond acceptors (Lipinski definition) is 5. The van der Waals surface area contributed by atoms with E-state index < -0.39 is 0 Å². The molecule has 0 saturated carbocycles. The number of halogens is 1. The number of aromatic nitrogens is 4. The Balaban J connectivity index is 1.25. The van der Waals surface area contributed by atoms with Crippen molar-refractivity contribution in [3.05, 3.63) is 65.5 Å². The lowest BCUT2D eigenvalue weighted by molar-refractivity contribution is -0.132. The van der Waals surface area contributed by atoms with Gasteiger partial charge in [0.2, 0.25) is 5.91 Å². The van der Waals surface area contributed by atoms with Crippen LogP contribution in [-0.4, -0.2) is 37.1 Å². The Labute approximate surface area is 186 Å². The van der Waals surface area contributed by atoms with Gasteiger partial charge in [0.05, 0.1) is 24.1 Å². The second-order valence-corrected chi connectivity index (χ2v) is 8.48. The van der Waals surface area contributed by atoms with E-state index in [2.05, 4.69) is 15.4 Å². The van der Waals surface area contributed by atoms with Gasteiger partial charge in [0.25, 0.3) is 0 Å². The molecule has 7 nitrogen and oxygen atoms in total. The van der Waals surface area contributed by atoms with Crippen molar-refractivity contribution in [2.45, 2.75) is 57.5 Å². The minimum absolute atomic E-state index is 0.0306. The molecule has 1 fully saturated rings. The molecule has 0 radical (unpaired) electrons. The molecule has 0 spiro atoms. The van der Waals surface area contributed by atoms with Crippen molar-refractivity contribution in [1.82, 2.24) is 24.6 Å². The van der Waals surface area contributed by atoms with E-state index in [0.717, 1.165) is 37.9 Å². The highest BCUT2D eigenvalue weighted by Gasteiger charge is 2.31. The van der Waals surface area contributed by atoms with Crippen molar-refractivity contribution in [3.8, 4) is 0 Å². The molecule has 3 aromatic heterocycles. The van der Waals surface area contributed by atoms with Gasteiger partial charge in [-0.15, -0.1) is 0 Å². The molecular weight excluding hydrogens is 407 g/mol. The lowest BCUT2D eigenvalue weighted by Gasteiger charge is -2.25. The summed E-state index contributed by atoms with van der Waals surface area (Å²) in [5.41, 5.74) is 3.50. The predicted molar refractivity (Wildman–Crippen MR) is 119 cm³/mol. The third-order valence-corrected chi connectivity index (χ3v) is 6.35. The number of aryl methyl sites for hydroxylation is 2. The number of nitrogens with one attached hydrogen (secondary N) is 1. The first-order chi connectivity index (χ1) is 15.7. The van der Waals surface area contributed by atoms with Gasteiger partial charge < -0.3 is 10.2 Å². The first-order valence-electron chi connectivity index (χ1n) is 11.4. The Morgan fingerprint density at radius 3 is 2.88 bits per heavy atom. The standard InChI is InChI=1S/C24H27FN6O/c25-18-10-11-22(26-16-18)29-23-9-3-6-19(28-23)21-8-4-13-30(21)24(32)12-14-31-20-7-2-1-5-17(20)15-27-31/h3,6,9-11,15-16,21H,1-2,4-5,7-8,12-14H2,(H,26,28,29). The number of likely N-dealkylation sites (tertiary alicyclic amines) is 1. The summed E-state index contributed by atoms with van der Waals surface area (Å²) in [5.74, 6) is 0.919. The van der Waals surface area contributed by atoms with Crippen LogP contribution in [-0.2, 0) is 24.2 Å². The Morgan fingerprint density at radius 1 is 1.09 bits per heavy atom. The minimum Gasteiger partial charge on any atom is -0.334 e. The van der Waals surface area contributed by atoms with E-state index in [1.54, 1.807) is 6.07 Å². The van der Waals surface area contributed by atoms with Gasteiger partial charge in [-0.2, -0.15) is 5.10 Å². The Morgan fingerprint density at radius 2 is 2.00 bits per heavy atom. The van der Waals surface area contributed by atoms with Crippen LogP contribution >= 0.6 is 0 Å². The van der Waals surface area contributed by atoms with E-state index in [9.17, 15) is 9.18 Å². The molecule has 1 unspecified atom stereocenters. The highest BCUT2D eigenvalue weighted by molar-refractivity contribution is 5.77. The molecule has 1 atom stereocenters. The summed E-state index contributed by atoms with van der Waals surface area (Å²) in [6, 6.07) is 8.62. The average molecular weight is 435 g/mol. The molecule has 32 heavy (non-hydrogen) atoms. The summed E-state index contributed by atoms with van der Waals surface area (Å²) in [6.07, 6.45) is 10.0. The number of hydrogen-bond donors (Lipinski definition) is 1. The molecular formula is C24H27FN6O. The first-order valence-corrected chi connectivity index (χ1v) is 11.4. The van der Waals surface area contributed by atoms with E-state index in [1.807, 2.05) is 34.0 Å². The van der Waals surface area contributed by atoms with Crippen LogP contribution in [0.4, 0.5) is 16.0 Å². The van der Waals surface area contributed by atoms with E-state index in [1.165, 1.54) is 36.4 Å². The minimum atomic E-state index is -0.381. The first kappa shape index (κ1) is 20.6. The third kappa shape index (κ3) is 4.35. The Bertz CT molecular complexity index is 1100. The third-order valence-electron chi connectivity index (χ3n) is 6.35. The molecule has 1 saturated heterocycles. The number of carbonyl (C=O) groups excluding carboxylic acids is 1. The van der Waals surface area contributed by atoms with Crippen molar-refractivity contribution in [1.29, 1.82) is 0 Å². The van der Waals surface area contributed by atoms with Crippen LogP contribution in [0.5, 0.6) is 0 Å². The molecule has 166 valence electrons. The second-order valence-electron chi connectivity index (χ2n) is 8.48. The summed E-state index contributed by atoms with van der Waals surface area (Å²) >= 11 is 0. The highest BCUT2D eigenvalue weighted by atomic mass is 19.1. The topological polar surface area (TPSA) is 75.9 Å². The maximum Gasteiger partial charge on any atom is 0.224 e. The van der Waals surface area contributed by atoms with Crippen LogP contribution < -0.4 is 5.32 Å². The van der Waals surface area contributed by atoms with Crippen molar-refractivity contribution in [2.24, 2.45) is 0 Å². The number of amides is 1. The Kier molecular flexibility index (Phi) is 5.83. The number of pyridine rings is 2. The van der Waals surface area contributed by atoms with Gasteiger partial charge in [-0.05, 0) is 68.4 Å². The lowest BCUT2D eigenvalue weighted by atomic mass is 9.98. The molecule has 1 aliphatic carbocycles. The van der Waals surface area contributed by atoms with Crippen molar-refractivity contribution in [2.75, 3.05) is 11.9 Å². The van der Waals surface area contributed by atoms with Gasteiger partial charge in [-0.25, -0.2) is 14.4 Å². The van der Waals surface area contributed by atoms with Gasteiger partial charge in [-0.1, -0.05) is 6.07 Å². The fourth-order valence-electron chi connectivity index (χ4n) is 4.75. The number of nitrogens with zero attached hydrogens (tertiary/aromatic N) is 5. The van der Waals surface area contributed by atoms with Crippen molar-refractivity contribution >= 4 is 17.5 Å².